The molecule has 0 radical (unpaired) electrons. The minimum absolute atomic E-state index is 0.852. The van der Waals surface area contributed by atoms with Crippen molar-refractivity contribution in [3.05, 3.63) is 30.0 Å². The summed E-state index contributed by atoms with van der Waals surface area (Å²) in [4.78, 5) is 4.73. The van der Waals surface area contributed by atoms with Crippen molar-refractivity contribution in [2.45, 2.75) is 52.9 Å². The molecule has 2 heterocycles. The number of methoxy groups -OCH3 is 1. The van der Waals surface area contributed by atoms with Crippen LogP contribution in [0.2, 0.25) is 19.6 Å². The Morgan fingerprint density at radius 2 is 1.92 bits per heavy atom. The van der Waals surface area contributed by atoms with Crippen LogP contribution in [0.25, 0.3) is 21.8 Å². The van der Waals surface area contributed by atoms with Gasteiger partial charge in [0.25, 0.3) is 0 Å². The van der Waals surface area contributed by atoms with E-state index in [0.717, 1.165) is 17.8 Å². The summed E-state index contributed by atoms with van der Waals surface area (Å²) in [7, 11) is 0.257. The van der Waals surface area contributed by atoms with Crippen LogP contribution in [0.1, 0.15) is 25.3 Å². The molecular formula is C20H28N2OSi. The summed E-state index contributed by atoms with van der Waals surface area (Å²) in [6, 6.07) is 6.25. The Hall–Kier alpha value is -1.81. The first-order chi connectivity index (χ1) is 11.4. The molecule has 0 spiro atoms. The molecule has 0 bridgehead atoms. The van der Waals surface area contributed by atoms with E-state index < -0.39 is 8.07 Å². The Balaban J connectivity index is 2.46. The third kappa shape index (κ3) is 2.63. The van der Waals surface area contributed by atoms with Gasteiger partial charge < -0.3 is 9.30 Å². The Labute approximate surface area is 145 Å². The molecule has 4 heteroatoms. The molecule has 3 nitrogen and oxygen atoms in total. The Kier molecular flexibility index (Phi) is 4.43. The van der Waals surface area contributed by atoms with Crippen molar-refractivity contribution in [2.24, 2.45) is 0 Å². The lowest BCUT2D eigenvalue weighted by molar-refractivity contribution is 0.419. The number of ether oxygens (including phenoxy) is 1. The number of aryl methyl sites for hydroxylation is 2. The summed E-state index contributed by atoms with van der Waals surface area (Å²) in [5.41, 5.74) is 3.71. The van der Waals surface area contributed by atoms with Gasteiger partial charge in [-0.2, -0.15) is 0 Å². The highest BCUT2D eigenvalue weighted by atomic mass is 28.3. The molecule has 1 aromatic carbocycles. The van der Waals surface area contributed by atoms with E-state index in [-0.39, 0.29) is 0 Å². The zero-order valence-corrected chi connectivity index (χ0v) is 16.7. The van der Waals surface area contributed by atoms with Gasteiger partial charge in [0.2, 0.25) is 0 Å². The van der Waals surface area contributed by atoms with Crippen LogP contribution in [-0.4, -0.2) is 24.7 Å². The second-order valence-electron chi connectivity index (χ2n) is 7.61. The van der Waals surface area contributed by atoms with Crippen LogP contribution in [0.15, 0.2) is 24.4 Å². The summed E-state index contributed by atoms with van der Waals surface area (Å²) in [5, 5.41) is 4.06. The van der Waals surface area contributed by atoms with Crippen molar-refractivity contribution in [1.82, 2.24) is 9.55 Å². The van der Waals surface area contributed by atoms with Crippen LogP contribution in [0.4, 0.5) is 0 Å². The number of fused-ring (bicyclic) bond motifs is 3. The van der Waals surface area contributed by atoms with E-state index in [4.69, 9.17) is 9.72 Å². The van der Waals surface area contributed by atoms with Crippen molar-refractivity contribution < 1.29 is 4.74 Å². The predicted molar refractivity (Wildman–Crippen MR) is 106 cm³/mol. The molecule has 3 rings (SSSR count). The van der Waals surface area contributed by atoms with Gasteiger partial charge in [-0.05, 0) is 25.0 Å². The van der Waals surface area contributed by atoms with E-state index >= 15 is 0 Å². The molecule has 24 heavy (non-hydrogen) atoms. The largest absolute Gasteiger partial charge is 0.494 e. The average Bonchev–Trinajstić information content (AvgIpc) is 2.84. The van der Waals surface area contributed by atoms with Gasteiger partial charge in [-0.25, -0.2) is 0 Å². The van der Waals surface area contributed by atoms with E-state index in [9.17, 15) is 0 Å². The summed E-state index contributed by atoms with van der Waals surface area (Å²) in [6.45, 7) is 12.9. The van der Waals surface area contributed by atoms with Gasteiger partial charge in [0.1, 0.15) is 11.3 Å². The van der Waals surface area contributed by atoms with Crippen molar-refractivity contribution in [1.29, 1.82) is 0 Å². The number of rotatable bonds is 5. The normalized spacial score (nSPS) is 12.2. The van der Waals surface area contributed by atoms with E-state index in [2.05, 4.69) is 50.2 Å². The first kappa shape index (κ1) is 17.0. The number of pyridine rings is 1. The van der Waals surface area contributed by atoms with E-state index in [1.54, 1.807) is 12.4 Å². The molecule has 128 valence electrons. The highest BCUT2D eigenvalue weighted by Gasteiger charge is 2.27. The molecule has 0 aliphatic heterocycles. The maximum Gasteiger partial charge on any atom is 0.145 e. The molecular weight excluding hydrogens is 312 g/mol. The van der Waals surface area contributed by atoms with Gasteiger partial charge in [0, 0.05) is 28.8 Å². The number of benzene rings is 1. The molecule has 0 amide bonds. The van der Waals surface area contributed by atoms with E-state index in [1.165, 1.54) is 34.7 Å². The van der Waals surface area contributed by atoms with Gasteiger partial charge in [-0.1, -0.05) is 45.1 Å². The lowest BCUT2D eigenvalue weighted by Gasteiger charge is -2.22. The maximum atomic E-state index is 5.54. The Bertz CT molecular complexity index is 890. The van der Waals surface area contributed by atoms with Crippen molar-refractivity contribution in [3.8, 4) is 5.75 Å². The zero-order valence-electron chi connectivity index (χ0n) is 15.7. The third-order valence-electron chi connectivity index (χ3n) is 4.80. The molecule has 2 aromatic heterocycles. The van der Waals surface area contributed by atoms with Gasteiger partial charge in [0.05, 0.1) is 20.7 Å². The minimum Gasteiger partial charge on any atom is -0.494 e. The molecule has 0 saturated carbocycles. The molecule has 3 aromatic rings. The maximum absolute atomic E-state index is 5.54. The molecule has 0 fully saturated rings. The third-order valence-corrected chi connectivity index (χ3v) is 6.86. The zero-order chi connectivity index (χ0) is 17.5. The number of nitrogens with zero attached hydrogens (tertiary/aromatic N) is 2. The number of para-hydroxylation sites is 1. The molecule has 0 aliphatic carbocycles. The fraction of sp³-hybridized carbons (Fsp3) is 0.450. The highest BCUT2D eigenvalue weighted by molar-refractivity contribution is 6.88. The molecule has 0 unspecified atom stereocenters. The Morgan fingerprint density at radius 3 is 2.54 bits per heavy atom. The SMILES string of the molecule is CCCCn1c([Si](C)(C)C)c(C)c2cnc3c(OC)cccc3c21. The standard InChI is InChI=1S/C20H28N2OSi/c1-7-8-12-22-19-15-10-9-11-17(23-3)18(15)21-13-16(19)14(2)20(22)24(4,5)6/h9-11,13H,7-8,12H2,1-6H3. The fourth-order valence-electron chi connectivity index (χ4n) is 3.86. The van der Waals surface area contributed by atoms with Crippen LogP contribution >= 0.6 is 0 Å². The van der Waals surface area contributed by atoms with Crippen LogP contribution < -0.4 is 10.1 Å². The number of hydrogen-bond donors (Lipinski definition) is 0. The fourth-order valence-corrected chi connectivity index (χ4v) is 6.15. The van der Waals surface area contributed by atoms with Crippen LogP contribution in [0, 0.1) is 6.92 Å². The monoisotopic (exact) mass is 340 g/mol. The molecule has 0 N–H and O–H groups in total. The first-order valence-electron chi connectivity index (χ1n) is 8.85. The van der Waals surface area contributed by atoms with Crippen LogP contribution in [0.5, 0.6) is 5.75 Å². The quantitative estimate of drug-likeness (QED) is 0.621. The lowest BCUT2D eigenvalue weighted by atomic mass is 10.1. The number of unbranched alkanes of at least 4 members (excludes halogenated alkanes) is 1. The summed E-state index contributed by atoms with van der Waals surface area (Å²) in [6.07, 6.45) is 4.45. The van der Waals surface area contributed by atoms with Gasteiger partial charge in [-0.15, -0.1) is 0 Å². The van der Waals surface area contributed by atoms with Crippen LogP contribution in [0.3, 0.4) is 0 Å². The van der Waals surface area contributed by atoms with Crippen molar-refractivity contribution >= 4 is 35.2 Å². The molecule has 0 aliphatic rings. The second-order valence-corrected chi connectivity index (χ2v) is 12.6. The average molecular weight is 341 g/mol. The van der Waals surface area contributed by atoms with Gasteiger partial charge >= 0.3 is 0 Å². The summed E-state index contributed by atoms with van der Waals surface area (Å²) in [5.74, 6) is 0.852. The predicted octanol–water partition coefficient (Wildman–Crippen LogP) is 4.85. The van der Waals surface area contributed by atoms with Crippen molar-refractivity contribution in [2.75, 3.05) is 7.11 Å². The first-order valence-corrected chi connectivity index (χ1v) is 12.3. The number of hydrogen-bond acceptors (Lipinski definition) is 2. The van der Waals surface area contributed by atoms with Crippen molar-refractivity contribution in [3.63, 3.8) is 0 Å². The molecule has 0 atom stereocenters. The summed E-state index contributed by atoms with van der Waals surface area (Å²) >= 11 is 0. The topological polar surface area (TPSA) is 27.1 Å². The highest BCUT2D eigenvalue weighted by Crippen LogP contribution is 2.32. The molecule has 0 saturated heterocycles. The summed E-state index contributed by atoms with van der Waals surface area (Å²) < 4.78 is 8.13. The lowest BCUT2D eigenvalue weighted by Crippen LogP contribution is -2.44. The smallest absolute Gasteiger partial charge is 0.145 e. The minimum atomic E-state index is -1.46. The van der Waals surface area contributed by atoms with Crippen LogP contribution in [-0.2, 0) is 6.54 Å². The van der Waals surface area contributed by atoms with Gasteiger partial charge in [-0.3, -0.25) is 4.98 Å². The van der Waals surface area contributed by atoms with Gasteiger partial charge in [0.15, 0.2) is 0 Å². The number of aromatic nitrogens is 2. The Morgan fingerprint density at radius 1 is 1.17 bits per heavy atom. The van der Waals surface area contributed by atoms with E-state index in [1.807, 2.05) is 12.3 Å². The van der Waals surface area contributed by atoms with E-state index in [0.29, 0.717) is 0 Å². The second kappa shape index (κ2) is 6.24.